The van der Waals surface area contributed by atoms with Crippen molar-refractivity contribution in [3.05, 3.63) is 0 Å². The summed E-state index contributed by atoms with van der Waals surface area (Å²) < 4.78 is 4.79. The van der Waals surface area contributed by atoms with E-state index in [1.54, 1.807) is 7.05 Å². The van der Waals surface area contributed by atoms with Crippen molar-refractivity contribution < 1.29 is 9.53 Å². The number of hydrogen-bond donors (Lipinski definition) is 1. The Bertz CT molecular complexity index is 289. The second kappa shape index (κ2) is 8.24. The van der Waals surface area contributed by atoms with Crippen molar-refractivity contribution >= 4 is 23.7 Å². The van der Waals surface area contributed by atoms with Gasteiger partial charge in [0.15, 0.2) is 5.96 Å². The number of nitrogens with one attached hydrogen (secondary N) is 1. The van der Waals surface area contributed by atoms with Gasteiger partial charge in [-0.1, -0.05) is 0 Å². The van der Waals surface area contributed by atoms with Gasteiger partial charge in [-0.05, 0) is 19.1 Å². The summed E-state index contributed by atoms with van der Waals surface area (Å²) in [7, 11) is 3.26. The fourth-order valence-corrected chi connectivity index (χ4v) is 2.40. The Morgan fingerprint density at radius 1 is 1.50 bits per heavy atom. The van der Waals surface area contributed by atoms with Crippen LogP contribution in [0, 0.1) is 5.92 Å². The molecule has 0 bridgehead atoms. The van der Waals surface area contributed by atoms with Gasteiger partial charge in [-0.3, -0.25) is 9.79 Å². The summed E-state index contributed by atoms with van der Waals surface area (Å²) in [5.41, 5.74) is 0. The SMILES string of the molecule is CN=C(NCCSC)N1CCC(C(=O)OC)CC1. The van der Waals surface area contributed by atoms with Crippen LogP contribution >= 0.6 is 11.8 Å². The van der Waals surface area contributed by atoms with E-state index in [0.717, 1.165) is 44.2 Å². The quantitative estimate of drug-likeness (QED) is 0.355. The summed E-state index contributed by atoms with van der Waals surface area (Å²) >= 11 is 1.81. The van der Waals surface area contributed by atoms with Gasteiger partial charge in [0.1, 0.15) is 0 Å². The van der Waals surface area contributed by atoms with Crippen LogP contribution in [0.2, 0.25) is 0 Å². The zero-order chi connectivity index (χ0) is 13.4. The number of rotatable bonds is 4. The minimum absolute atomic E-state index is 0.0514. The molecule has 5 nitrogen and oxygen atoms in total. The van der Waals surface area contributed by atoms with Crippen molar-refractivity contribution in [2.45, 2.75) is 12.8 Å². The molecule has 0 aromatic rings. The molecular formula is C12H23N3O2S. The van der Waals surface area contributed by atoms with E-state index in [1.165, 1.54) is 7.11 Å². The van der Waals surface area contributed by atoms with Crippen LogP contribution in [-0.2, 0) is 9.53 Å². The van der Waals surface area contributed by atoms with Crippen LogP contribution in [-0.4, -0.2) is 62.6 Å². The summed E-state index contributed by atoms with van der Waals surface area (Å²) in [6.45, 7) is 2.64. The van der Waals surface area contributed by atoms with Crippen LogP contribution < -0.4 is 5.32 Å². The Morgan fingerprint density at radius 2 is 2.17 bits per heavy atom. The molecule has 1 N–H and O–H groups in total. The highest BCUT2D eigenvalue weighted by atomic mass is 32.2. The lowest BCUT2D eigenvalue weighted by Crippen LogP contribution is -2.47. The van der Waals surface area contributed by atoms with Gasteiger partial charge in [-0.2, -0.15) is 11.8 Å². The van der Waals surface area contributed by atoms with Gasteiger partial charge in [-0.25, -0.2) is 0 Å². The fraction of sp³-hybridized carbons (Fsp3) is 0.833. The highest BCUT2D eigenvalue weighted by Gasteiger charge is 2.26. The van der Waals surface area contributed by atoms with Crippen molar-refractivity contribution in [2.24, 2.45) is 10.9 Å². The normalized spacial score (nSPS) is 17.7. The zero-order valence-electron chi connectivity index (χ0n) is 11.4. The minimum Gasteiger partial charge on any atom is -0.469 e. The molecule has 1 rings (SSSR count). The average Bonchev–Trinajstić information content (AvgIpc) is 2.43. The molecule has 18 heavy (non-hydrogen) atoms. The molecule has 0 amide bonds. The molecular weight excluding hydrogens is 250 g/mol. The van der Waals surface area contributed by atoms with E-state index in [9.17, 15) is 4.79 Å². The molecule has 0 aromatic heterocycles. The van der Waals surface area contributed by atoms with Gasteiger partial charge >= 0.3 is 5.97 Å². The van der Waals surface area contributed by atoms with Gasteiger partial charge in [0.05, 0.1) is 13.0 Å². The van der Waals surface area contributed by atoms with E-state index in [0.29, 0.717) is 0 Å². The van der Waals surface area contributed by atoms with Gasteiger partial charge < -0.3 is 15.0 Å². The molecule has 0 radical (unpaired) electrons. The molecule has 0 unspecified atom stereocenters. The number of nitrogens with zero attached hydrogens (tertiary/aromatic N) is 2. The average molecular weight is 273 g/mol. The molecule has 1 heterocycles. The number of carbonyl (C=O) groups excluding carboxylic acids is 1. The van der Waals surface area contributed by atoms with Crippen molar-refractivity contribution in [2.75, 3.05) is 45.8 Å². The van der Waals surface area contributed by atoms with E-state index in [2.05, 4.69) is 21.5 Å². The lowest BCUT2D eigenvalue weighted by atomic mass is 9.97. The van der Waals surface area contributed by atoms with E-state index in [-0.39, 0.29) is 11.9 Å². The number of esters is 1. The number of piperidine rings is 1. The molecule has 1 saturated heterocycles. The molecule has 1 aliphatic rings. The Balaban J connectivity index is 2.38. The summed E-state index contributed by atoms with van der Waals surface area (Å²) in [4.78, 5) is 17.9. The monoisotopic (exact) mass is 273 g/mol. The molecule has 6 heteroatoms. The summed E-state index contributed by atoms with van der Waals surface area (Å²) in [5.74, 6) is 1.97. The van der Waals surface area contributed by atoms with Crippen molar-refractivity contribution in [1.29, 1.82) is 0 Å². The number of ether oxygens (including phenoxy) is 1. The Kier molecular flexibility index (Phi) is 6.93. The Labute approximate surface area is 113 Å². The first-order valence-electron chi connectivity index (χ1n) is 6.25. The maximum absolute atomic E-state index is 11.4. The minimum atomic E-state index is -0.0834. The lowest BCUT2D eigenvalue weighted by molar-refractivity contribution is -0.146. The molecule has 0 saturated carbocycles. The van der Waals surface area contributed by atoms with E-state index in [4.69, 9.17) is 4.74 Å². The predicted octanol–water partition coefficient (Wildman–Crippen LogP) is 0.810. The third kappa shape index (κ3) is 4.40. The van der Waals surface area contributed by atoms with E-state index >= 15 is 0 Å². The molecule has 0 spiro atoms. The highest BCUT2D eigenvalue weighted by molar-refractivity contribution is 7.98. The topological polar surface area (TPSA) is 53.9 Å². The first kappa shape index (κ1) is 15.1. The molecule has 0 aromatic carbocycles. The largest absolute Gasteiger partial charge is 0.469 e. The molecule has 1 fully saturated rings. The fourth-order valence-electron chi connectivity index (χ4n) is 2.09. The Hall–Kier alpha value is -0.910. The summed E-state index contributed by atoms with van der Waals surface area (Å²) in [6, 6.07) is 0. The van der Waals surface area contributed by atoms with Crippen LogP contribution in [0.4, 0.5) is 0 Å². The smallest absolute Gasteiger partial charge is 0.308 e. The van der Waals surface area contributed by atoms with Gasteiger partial charge in [0.2, 0.25) is 0 Å². The number of likely N-dealkylation sites (tertiary alicyclic amines) is 1. The standard InChI is InChI=1S/C12H23N3O2S/c1-13-12(14-6-9-18-3)15-7-4-10(5-8-15)11(16)17-2/h10H,4-9H2,1-3H3,(H,13,14). The van der Waals surface area contributed by atoms with Crippen LogP contribution in [0.3, 0.4) is 0 Å². The predicted molar refractivity (Wildman–Crippen MR) is 76.1 cm³/mol. The number of carbonyl (C=O) groups is 1. The molecule has 1 aliphatic heterocycles. The van der Waals surface area contributed by atoms with Crippen LogP contribution in [0.25, 0.3) is 0 Å². The second-order valence-electron chi connectivity index (χ2n) is 4.25. The van der Waals surface area contributed by atoms with E-state index in [1.807, 2.05) is 11.8 Å². The first-order chi connectivity index (χ1) is 8.72. The number of methoxy groups -OCH3 is 1. The third-order valence-electron chi connectivity index (χ3n) is 3.13. The van der Waals surface area contributed by atoms with Gasteiger partial charge in [0.25, 0.3) is 0 Å². The number of hydrogen-bond acceptors (Lipinski definition) is 4. The van der Waals surface area contributed by atoms with Crippen molar-refractivity contribution in [3.8, 4) is 0 Å². The lowest BCUT2D eigenvalue weighted by Gasteiger charge is -2.33. The molecule has 104 valence electrons. The highest BCUT2D eigenvalue weighted by Crippen LogP contribution is 2.18. The van der Waals surface area contributed by atoms with Gasteiger partial charge in [-0.15, -0.1) is 0 Å². The number of guanidine groups is 1. The maximum Gasteiger partial charge on any atom is 0.308 e. The van der Waals surface area contributed by atoms with Crippen LogP contribution in [0.15, 0.2) is 4.99 Å². The van der Waals surface area contributed by atoms with Crippen molar-refractivity contribution in [3.63, 3.8) is 0 Å². The summed E-state index contributed by atoms with van der Waals surface area (Å²) in [5, 5.41) is 3.34. The van der Waals surface area contributed by atoms with E-state index < -0.39 is 0 Å². The number of thioether (sulfide) groups is 1. The maximum atomic E-state index is 11.4. The third-order valence-corrected chi connectivity index (χ3v) is 3.74. The van der Waals surface area contributed by atoms with Crippen LogP contribution in [0.5, 0.6) is 0 Å². The second-order valence-corrected chi connectivity index (χ2v) is 5.24. The molecule has 0 aliphatic carbocycles. The zero-order valence-corrected chi connectivity index (χ0v) is 12.3. The Morgan fingerprint density at radius 3 is 2.67 bits per heavy atom. The van der Waals surface area contributed by atoms with Crippen LogP contribution in [0.1, 0.15) is 12.8 Å². The molecule has 0 atom stereocenters. The first-order valence-corrected chi connectivity index (χ1v) is 7.64. The van der Waals surface area contributed by atoms with Crippen molar-refractivity contribution in [1.82, 2.24) is 10.2 Å². The summed E-state index contributed by atoms with van der Waals surface area (Å²) in [6.07, 6.45) is 3.78. The van der Waals surface area contributed by atoms with Gasteiger partial charge in [0, 0.05) is 32.4 Å². The number of aliphatic imine (C=N–C) groups is 1.